The second-order valence-corrected chi connectivity index (χ2v) is 7.07. The molecule has 0 radical (unpaired) electrons. The number of ketones is 1. The van der Waals surface area contributed by atoms with Crippen molar-refractivity contribution in [3.8, 4) is 5.75 Å². The summed E-state index contributed by atoms with van der Waals surface area (Å²) in [5, 5.41) is 11.4. The van der Waals surface area contributed by atoms with E-state index in [0.29, 0.717) is 23.4 Å². The Morgan fingerprint density at radius 3 is 2.40 bits per heavy atom. The Bertz CT molecular complexity index is 1010. The van der Waals surface area contributed by atoms with E-state index in [-0.39, 0.29) is 31.4 Å². The zero-order valence-electron chi connectivity index (χ0n) is 17.2. The van der Waals surface area contributed by atoms with Crippen LogP contribution in [0.15, 0.2) is 60.7 Å². The summed E-state index contributed by atoms with van der Waals surface area (Å²) in [6.45, 7) is 4.67. The van der Waals surface area contributed by atoms with Crippen molar-refractivity contribution in [3.63, 3.8) is 0 Å². The fraction of sp³-hybridized carbons (Fsp3) is 0.250. The van der Waals surface area contributed by atoms with E-state index in [1.54, 1.807) is 24.3 Å². The number of nitrogens with zero attached hydrogens (tertiary/aromatic N) is 1. The Morgan fingerprint density at radius 2 is 1.73 bits per heavy atom. The van der Waals surface area contributed by atoms with E-state index in [2.05, 4.69) is 22.0 Å². The molecular formula is C24H26N2O4. The molecule has 0 aliphatic carbocycles. The largest absolute Gasteiger partial charge is 0.485 e. The molecular weight excluding hydrogens is 380 g/mol. The number of hydrogen-bond donors (Lipinski definition) is 2. The van der Waals surface area contributed by atoms with Crippen LogP contribution in [0.5, 0.6) is 5.75 Å². The molecule has 0 saturated carbocycles. The summed E-state index contributed by atoms with van der Waals surface area (Å²) in [7, 11) is 0. The maximum absolute atomic E-state index is 12.7. The molecule has 3 aromatic rings. The van der Waals surface area contributed by atoms with Crippen LogP contribution in [-0.2, 0) is 6.54 Å². The zero-order valence-corrected chi connectivity index (χ0v) is 17.2. The Labute approximate surface area is 176 Å². The number of Topliss-reactive ketones (excluding diaryl/α,β-unsaturated/α-hetero) is 1. The number of aryl methyl sites for hydroxylation is 1. The van der Waals surface area contributed by atoms with E-state index in [1.807, 2.05) is 38.1 Å². The first-order chi connectivity index (χ1) is 14.5. The fourth-order valence-electron chi connectivity index (χ4n) is 3.29. The molecule has 30 heavy (non-hydrogen) atoms. The van der Waals surface area contributed by atoms with Gasteiger partial charge in [-0.15, -0.1) is 0 Å². The first kappa shape index (κ1) is 21.3. The second kappa shape index (κ2) is 9.89. The van der Waals surface area contributed by atoms with Crippen molar-refractivity contribution in [1.82, 2.24) is 9.88 Å². The molecule has 0 unspecified atom stereocenters. The van der Waals surface area contributed by atoms with E-state index in [1.165, 1.54) is 5.56 Å². The number of hydrogen-bond acceptors (Lipinski definition) is 4. The van der Waals surface area contributed by atoms with E-state index in [4.69, 9.17) is 9.84 Å². The molecule has 1 aromatic heterocycles. The van der Waals surface area contributed by atoms with Crippen molar-refractivity contribution in [2.45, 2.75) is 20.4 Å². The number of amides is 1. The maximum atomic E-state index is 12.7. The van der Waals surface area contributed by atoms with Crippen LogP contribution in [-0.4, -0.2) is 41.1 Å². The predicted molar refractivity (Wildman–Crippen MR) is 115 cm³/mol. The number of rotatable bonds is 9. The van der Waals surface area contributed by atoms with E-state index in [9.17, 15) is 9.59 Å². The van der Waals surface area contributed by atoms with Gasteiger partial charge in [-0.25, -0.2) is 0 Å². The molecule has 6 nitrogen and oxygen atoms in total. The number of aliphatic hydroxyl groups is 1. The molecule has 156 valence electrons. The van der Waals surface area contributed by atoms with Crippen molar-refractivity contribution < 1.29 is 19.4 Å². The second-order valence-electron chi connectivity index (χ2n) is 7.07. The van der Waals surface area contributed by atoms with Crippen molar-refractivity contribution in [2.24, 2.45) is 0 Å². The lowest BCUT2D eigenvalue weighted by Gasteiger charge is -2.10. The van der Waals surface area contributed by atoms with Crippen LogP contribution in [0.2, 0.25) is 0 Å². The molecule has 0 fully saturated rings. The molecule has 2 N–H and O–H groups in total. The third-order valence-corrected chi connectivity index (χ3v) is 4.94. The van der Waals surface area contributed by atoms with Gasteiger partial charge in [-0.1, -0.05) is 30.3 Å². The standard InChI is InChI=1S/C24H26N2O4/c1-17-14-22(18(2)26(17)15-19-6-4-3-5-7-19)23(28)16-30-21-10-8-20(9-11-21)24(29)25-12-13-27/h3-11,14,27H,12-13,15-16H2,1-2H3,(H,25,29). The third kappa shape index (κ3) is 5.15. The number of ether oxygens (including phenoxy) is 1. The highest BCUT2D eigenvalue weighted by Crippen LogP contribution is 2.19. The fourth-order valence-corrected chi connectivity index (χ4v) is 3.29. The van der Waals surface area contributed by atoms with Crippen molar-refractivity contribution in [3.05, 3.63) is 88.7 Å². The van der Waals surface area contributed by atoms with Crippen LogP contribution in [0, 0.1) is 13.8 Å². The Balaban J connectivity index is 1.62. The topological polar surface area (TPSA) is 80.6 Å². The lowest BCUT2D eigenvalue weighted by atomic mass is 10.1. The highest BCUT2D eigenvalue weighted by molar-refractivity contribution is 5.98. The Hall–Kier alpha value is -3.38. The molecule has 6 heteroatoms. The average molecular weight is 406 g/mol. The van der Waals surface area contributed by atoms with Gasteiger partial charge < -0.3 is 19.7 Å². The lowest BCUT2D eigenvalue weighted by molar-refractivity contribution is 0.0917. The van der Waals surface area contributed by atoms with Crippen molar-refractivity contribution in [2.75, 3.05) is 19.8 Å². The van der Waals surface area contributed by atoms with Gasteiger partial charge in [-0.2, -0.15) is 0 Å². The number of aromatic nitrogens is 1. The quantitative estimate of drug-likeness (QED) is 0.535. The SMILES string of the molecule is Cc1cc(C(=O)COc2ccc(C(=O)NCCO)cc2)c(C)n1Cc1ccccc1. The zero-order chi connectivity index (χ0) is 21.5. The number of aliphatic hydroxyl groups excluding tert-OH is 1. The van der Waals surface area contributed by atoms with Crippen LogP contribution >= 0.6 is 0 Å². The highest BCUT2D eigenvalue weighted by Gasteiger charge is 2.16. The molecule has 0 spiro atoms. The van der Waals surface area contributed by atoms with E-state index in [0.717, 1.165) is 11.4 Å². The van der Waals surface area contributed by atoms with E-state index < -0.39 is 0 Å². The normalized spacial score (nSPS) is 10.6. The van der Waals surface area contributed by atoms with Crippen LogP contribution in [0.4, 0.5) is 0 Å². The van der Waals surface area contributed by atoms with Crippen molar-refractivity contribution >= 4 is 11.7 Å². The van der Waals surface area contributed by atoms with Gasteiger partial charge >= 0.3 is 0 Å². The summed E-state index contributed by atoms with van der Waals surface area (Å²) in [6, 6.07) is 18.6. The van der Waals surface area contributed by atoms with Crippen LogP contribution in [0.1, 0.15) is 37.7 Å². The minimum absolute atomic E-state index is 0.0777. The molecule has 0 saturated heterocycles. The Morgan fingerprint density at radius 1 is 1.03 bits per heavy atom. The summed E-state index contributed by atoms with van der Waals surface area (Å²) >= 11 is 0. The minimum Gasteiger partial charge on any atom is -0.485 e. The first-order valence-corrected chi connectivity index (χ1v) is 9.85. The van der Waals surface area contributed by atoms with Crippen molar-refractivity contribution in [1.29, 1.82) is 0 Å². The minimum atomic E-state index is -0.266. The maximum Gasteiger partial charge on any atom is 0.251 e. The molecule has 1 heterocycles. The lowest BCUT2D eigenvalue weighted by Crippen LogP contribution is -2.26. The molecule has 0 atom stereocenters. The van der Waals surface area contributed by atoms with Crippen LogP contribution in [0.25, 0.3) is 0 Å². The number of nitrogens with one attached hydrogen (secondary N) is 1. The Kier molecular flexibility index (Phi) is 7.03. The third-order valence-electron chi connectivity index (χ3n) is 4.94. The smallest absolute Gasteiger partial charge is 0.251 e. The van der Waals surface area contributed by atoms with Gasteiger partial charge in [0.1, 0.15) is 5.75 Å². The van der Waals surface area contributed by atoms with Gasteiger partial charge in [0.05, 0.1) is 6.61 Å². The van der Waals surface area contributed by atoms with Gasteiger partial charge in [-0.05, 0) is 49.7 Å². The monoisotopic (exact) mass is 406 g/mol. The first-order valence-electron chi connectivity index (χ1n) is 9.85. The molecule has 2 aromatic carbocycles. The predicted octanol–water partition coefficient (Wildman–Crippen LogP) is 3.14. The summed E-state index contributed by atoms with van der Waals surface area (Å²) < 4.78 is 7.76. The summed E-state index contributed by atoms with van der Waals surface area (Å²) in [6.07, 6.45) is 0. The summed E-state index contributed by atoms with van der Waals surface area (Å²) in [5.41, 5.74) is 4.24. The molecule has 3 rings (SSSR count). The number of carbonyl (C=O) groups is 2. The van der Waals surface area contributed by atoms with Gasteiger partial charge in [0.25, 0.3) is 5.91 Å². The molecule has 0 aliphatic rings. The van der Waals surface area contributed by atoms with Crippen LogP contribution < -0.4 is 10.1 Å². The van der Waals surface area contributed by atoms with Gasteiger partial charge in [0, 0.05) is 35.6 Å². The summed E-state index contributed by atoms with van der Waals surface area (Å²) in [4.78, 5) is 24.6. The number of benzene rings is 2. The average Bonchev–Trinajstić information content (AvgIpc) is 3.05. The van der Waals surface area contributed by atoms with Gasteiger partial charge in [0.2, 0.25) is 5.78 Å². The molecule has 0 aliphatic heterocycles. The molecule has 1 amide bonds. The summed E-state index contributed by atoms with van der Waals surface area (Å²) in [5.74, 6) is 0.157. The van der Waals surface area contributed by atoms with E-state index >= 15 is 0 Å². The number of carbonyl (C=O) groups excluding carboxylic acids is 2. The van der Waals surface area contributed by atoms with Crippen LogP contribution in [0.3, 0.4) is 0 Å². The van der Waals surface area contributed by atoms with Gasteiger partial charge in [-0.3, -0.25) is 9.59 Å². The highest BCUT2D eigenvalue weighted by atomic mass is 16.5. The van der Waals surface area contributed by atoms with Gasteiger partial charge in [0.15, 0.2) is 6.61 Å². The molecule has 0 bridgehead atoms.